The van der Waals surface area contributed by atoms with E-state index in [1.165, 1.54) is 0 Å². The summed E-state index contributed by atoms with van der Waals surface area (Å²) in [6.07, 6.45) is 2.10. The fraction of sp³-hybridized carbons (Fsp3) is 0.348. The number of hydrogen-bond acceptors (Lipinski definition) is 6. The molecule has 1 amide bonds. The molecule has 3 heterocycles. The van der Waals surface area contributed by atoms with E-state index in [9.17, 15) is 4.79 Å². The number of carbonyl (C=O) groups excluding carboxylic acids is 1. The van der Waals surface area contributed by atoms with Crippen LogP contribution in [-0.4, -0.2) is 56.7 Å². The van der Waals surface area contributed by atoms with Crippen molar-refractivity contribution < 1.29 is 24.6 Å². The molecule has 176 valence electrons. The number of fused-ring (bicyclic) bond motifs is 1. The van der Waals surface area contributed by atoms with E-state index in [0.29, 0.717) is 17.3 Å². The second-order valence-corrected chi connectivity index (χ2v) is 7.64. The van der Waals surface area contributed by atoms with E-state index in [0.717, 1.165) is 54.0 Å². The van der Waals surface area contributed by atoms with Gasteiger partial charge < -0.3 is 25.4 Å². The second-order valence-electron chi connectivity index (χ2n) is 7.64. The van der Waals surface area contributed by atoms with Crippen molar-refractivity contribution in [2.75, 3.05) is 18.0 Å². The van der Waals surface area contributed by atoms with Gasteiger partial charge in [-0.3, -0.25) is 14.4 Å². The van der Waals surface area contributed by atoms with Crippen molar-refractivity contribution in [1.29, 1.82) is 0 Å². The van der Waals surface area contributed by atoms with Crippen LogP contribution < -0.4 is 10.6 Å². The molecule has 4 N–H and O–H groups in total. The Morgan fingerprint density at radius 1 is 1.15 bits per heavy atom. The van der Waals surface area contributed by atoms with Crippen LogP contribution in [0.3, 0.4) is 0 Å². The molecule has 1 fully saturated rings. The molecule has 10 heteroatoms. The third kappa shape index (κ3) is 5.85. The Balaban J connectivity index is 0.000000582. The molecule has 2 aromatic heterocycles. The number of hydrogen-bond donors (Lipinski definition) is 3. The van der Waals surface area contributed by atoms with E-state index in [1.54, 1.807) is 0 Å². The third-order valence-electron chi connectivity index (χ3n) is 5.62. The maximum Gasteiger partial charge on any atom is 0.290 e. The minimum Gasteiger partial charge on any atom is -0.483 e. The molecule has 1 atom stereocenters. The first kappa shape index (κ1) is 25.3. The lowest BCUT2D eigenvalue weighted by Gasteiger charge is -2.34. The topological polar surface area (TPSA) is 152 Å². The lowest BCUT2D eigenvalue weighted by atomic mass is 9.96. The molecule has 1 aliphatic rings. The molecule has 1 aromatic carbocycles. The highest BCUT2D eigenvalue weighted by atomic mass is 16.3. The average Bonchev–Trinajstić information content (AvgIpc) is 3.13. The number of rotatable bonds is 3. The molecule has 4 rings (SSSR count). The number of carboxylic acid groups (broad SMARTS) is 2. The molecule has 1 unspecified atom stereocenters. The largest absolute Gasteiger partial charge is 0.483 e. The number of nitrogens with zero attached hydrogens (tertiary/aromatic N) is 4. The van der Waals surface area contributed by atoms with Gasteiger partial charge in [0.25, 0.3) is 18.9 Å². The highest BCUT2D eigenvalue weighted by Crippen LogP contribution is 2.32. The lowest BCUT2D eigenvalue weighted by molar-refractivity contribution is -0.123. The van der Waals surface area contributed by atoms with Crippen LogP contribution >= 0.6 is 0 Å². The van der Waals surface area contributed by atoms with E-state index in [4.69, 9.17) is 35.5 Å². The minimum absolute atomic E-state index is 0.250. The Morgan fingerprint density at radius 2 is 1.79 bits per heavy atom. The number of nitrogens with two attached hydrogens (primary N) is 1. The number of carbonyl (C=O) groups is 3. The summed E-state index contributed by atoms with van der Waals surface area (Å²) in [6.45, 7) is 5.08. The standard InChI is InChI=1S/C21H25N5O.2CH2O2/c1-13-11-16(19(22)27)21(23-14(13)2)26-10-6-7-15(12-26)20-24-17-8-4-5-9-18(17)25(20)3;2*2-1-3/h4-5,8-9,11,15H,6-7,10,12H2,1-3H3,(H2,22,27);2*1H,(H,2,3). The van der Waals surface area contributed by atoms with Crippen LogP contribution in [0.2, 0.25) is 0 Å². The first-order valence-corrected chi connectivity index (χ1v) is 10.4. The highest BCUT2D eigenvalue weighted by Gasteiger charge is 2.28. The van der Waals surface area contributed by atoms with Crippen molar-refractivity contribution in [2.24, 2.45) is 12.8 Å². The third-order valence-corrected chi connectivity index (χ3v) is 5.62. The van der Waals surface area contributed by atoms with Gasteiger partial charge in [0, 0.05) is 31.7 Å². The highest BCUT2D eigenvalue weighted by molar-refractivity contribution is 5.98. The number of primary amides is 1. The van der Waals surface area contributed by atoms with E-state index in [2.05, 4.69) is 28.6 Å². The fourth-order valence-electron chi connectivity index (χ4n) is 4.02. The van der Waals surface area contributed by atoms with Gasteiger partial charge in [0.15, 0.2) is 0 Å². The predicted octanol–water partition coefficient (Wildman–Crippen LogP) is 2.47. The molecular formula is C23H29N5O5. The first-order valence-electron chi connectivity index (χ1n) is 10.4. The quantitative estimate of drug-likeness (QED) is 0.509. The van der Waals surface area contributed by atoms with Crippen molar-refractivity contribution in [3.63, 3.8) is 0 Å². The number of amides is 1. The normalized spacial score (nSPS) is 15.0. The zero-order valence-electron chi connectivity index (χ0n) is 18.9. The molecule has 3 aromatic rings. The second kappa shape index (κ2) is 11.6. The number of benzene rings is 1. The molecule has 0 aliphatic carbocycles. The molecule has 0 spiro atoms. The molecule has 1 aliphatic heterocycles. The number of pyridine rings is 1. The predicted molar refractivity (Wildman–Crippen MR) is 125 cm³/mol. The van der Waals surface area contributed by atoms with Crippen molar-refractivity contribution >= 4 is 35.7 Å². The Kier molecular flexibility index (Phi) is 8.90. The van der Waals surface area contributed by atoms with Gasteiger partial charge in [-0.25, -0.2) is 9.97 Å². The summed E-state index contributed by atoms with van der Waals surface area (Å²) in [5.41, 5.74) is 10.2. The lowest BCUT2D eigenvalue weighted by Crippen LogP contribution is -2.37. The summed E-state index contributed by atoms with van der Waals surface area (Å²) in [4.78, 5) is 40.5. The number of anilines is 1. The van der Waals surface area contributed by atoms with Crippen LogP contribution in [0.25, 0.3) is 11.0 Å². The van der Waals surface area contributed by atoms with Crippen LogP contribution in [-0.2, 0) is 16.6 Å². The van der Waals surface area contributed by atoms with Crippen LogP contribution in [0.15, 0.2) is 30.3 Å². The maximum absolute atomic E-state index is 12.0. The van der Waals surface area contributed by atoms with Crippen LogP contribution in [0.1, 0.15) is 46.2 Å². The van der Waals surface area contributed by atoms with Gasteiger partial charge in [-0.1, -0.05) is 12.1 Å². The zero-order chi connectivity index (χ0) is 24.5. The first-order chi connectivity index (χ1) is 15.8. The summed E-state index contributed by atoms with van der Waals surface area (Å²) >= 11 is 0. The van der Waals surface area contributed by atoms with E-state index in [-0.39, 0.29) is 12.9 Å². The summed E-state index contributed by atoms with van der Waals surface area (Å²) in [5, 5.41) is 13.8. The Hall–Kier alpha value is -3.95. The van der Waals surface area contributed by atoms with Gasteiger partial charge >= 0.3 is 0 Å². The fourth-order valence-corrected chi connectivity index (χ4v) is 4.02. The smallest absolute Gasteiger partial charge is 0.290 e. The van der Waals surface area contributed by atoms with Crippen LogP contribution in [0.4, 0.5) is 5.82 Å². The molecule has 10 nitrogen and oxygen atoms in total. The molecular weight excluding hydrogens is 426 g/mol. The van der Waals surface area contributed by atoms with Gasteiger partial charge in [-0.2, -0.15) is 0 Å². The van der Waals surface area contributed by atoms with Crippen molar-refractivity contribution in [1.82, 2.24) is 14.5 Å². The maximum atomic E-state index is 12.0. The van der Waals surface area contributed by atoms with E-state index >= 15 is 0 Å². The van der Waals surface area contributed by atoms with Crippen molar-refractivity contribution in [3.8, 4) is 0 Å². The zero-order valence-corrected chi connectivity index (χ0v) is 18.9. The van der Waals surface area contributed by atoms with Gasteiger partial charge in [-0.15, -0.1) is 0 Å². The van der Waals surface area contributed by atoms with E-state index in [1.807, 2.05) is 32.0 Å². The molecule has 1 saturated heterocycles. The molecule has 0 bridgehead atoms. The summed E-state index contributed by atoms with van der Waals surface area (Å²) < 4.78 is 2.19. The van der Waals surface area contributed by atoms with E-state index < -0.39 is 5.91 Å². The number of imidazole rings is 1. The SMILES string of the molecule is Cc1cc(C(N)=O)c(N2CCCC(c3nc4ccccc4n3C)C2)nc1C.O=CO.O=CO. The average molecular weight is 456 g/mol. The Bertz CT molecular complexity index is 1120. The van der Waals surface area contributed by atoms with Crippen molar-refractivity contribution in [2.45, 2.75) is 32.6 Å². The monoisotopic (exact) mass is 455 g/mol. The van der Waals surface area contributed by atoms with Crippen LogP contribution in [0, 0.1) is 13.8 Å². The van der Waals surface area contributed by atoms with Gasteiger partial charge in [0.2, 0.25) is 0 Å². The summed E-state index contributed by atoms with van der Waals surface area (Å²) in [5.74, 6) is 1.66. The van der Waals surface area contributed by atoms with Gasteiger partial charge in [-0.05, 0) is 50.5 Å². The van der Waals surface area contributed by atoms with Crippen molar-refractivity contribution in [3.05, 3.63) is 53.0 Å². The molecule has 0 saturated carbocycles. The number of para-hydroxylation sites is 2. The summed E-state index contributed by atoms with van der Waals surface area (Å²) in [6, 6.07) is 10.1. The number of piperidine rings is 1. The molecule has 0 radical (unpaired) electrons. The Morgan fingerprint density at radius 3 is 2.39 bits per heavy atom. The number of aryl methyl sites for hydroxylation is 3. The molecule has 33 heavy (non-hydrogen) atoms. The number of aromatic nitrogens is 3. The van der Waals surface area contributed by atoms with Gasteiger partial charge in [0.1, 0.15) is 11.6 Å². The summed E-state index contributed by atoms with van der Waals surface area (Å²) in [7, 11) is 2.08. The van der Waals surface area contributed by atoms with Crippen LogP contribution in [0.5, 0.6) is 0 Å². The minimum atomic E-state index is -0.426. The Labute approximate surface area is 191 Å². The van der Waals surface area contributed by atoms with Gasteiger partial charge in [0.05, 0.1) is 16.6 Å².